The van der Waals surface area contributed by atoms with Crippen molar-refractivity contribution in [2.45, 2.75) is 44.7 Å². The number of aromatic amines is 1. The monoisotopic (exact) mass is 536 g/mol. The van der Waals surface area contributed by atoms with Crippen LogP contribution in [-0.4, -0.2) is 45.7 Å². The highest BCUT2D eigenvalue weighted by Gasteiger charge is 2.20. The molecule has 9 nitrogen and oxygen atoms in total. The SMILES string of the molecule is C=C(N/C(=C\N)c1ccc(-c2nc(OCC)c3cc(-c4cnc([C@@H]5CCCN5)[nH]4)ccc3n2)cc1)[C@@H]1CCCN1. The molecule has 4 aromatic rings. The van der Waals surface area contributed by atoms with E-state index in [1.54, 1.807) is 6.20 Å². The second kappa shape index (κ2) is 11.5. The van der Waals surface area contributed by atoms with Gasteiger partial charge in [-0.3, -0.25) is 0 Å². The number of imidazole rings is 1. The molecule has 0 aliphatic carbocycles. The molecule has 4 heterocycles. The fourth-order valence-corrected chi connectivity index (χ4v) is 5.47. The van der Waals surface area contributed by atoms with Crippen molar-refractivity contribution < 1.29 is 4.74 Å². The number of hydrogen-bond donors (Lipinski definition) is 5. The summed E-state index contributed by atoms with van der Waals surface area (Å²) >= 11 is 0. The Morgan fingerprint density at radius 3 is 2.60 bits per heavy atom. The number of ether oxygens (including phenoxy) is 1. The minimum absolute atomic E-state index is 0.261. The first kappa shape index (κ1) is 26.0. The molecule has 206 valence electrons. The average Bonchev–Trinajstić information content (AvgIpc) is 3.79. The molecule has 2 aliphatic rings. The van der Waals surface area contributed by atoms with Gasteiger partial charge in [0, 0.05) is 29.1 Å². The van der Waals surface area contributed by atoms with Crippen molar-refractivity contribution in [3.8, 4) is 28.5 Å². The number of fused-ring (bicyclic) bond motifs is 1. The summed E-state index contributed by atoms with van der Waals surface area (Å²) in [6, 6.07) is 14.7. The molecule has 2 aromatic carbocycles. The lowest BCUT2D eigenvalue weighted by molar-refractivity contribution is 0.331. The van der Waals surface area contributed by atoms with Crippen LogP contribution in [-0.2, 0) is 0 Å². The lowest BCUT2D eigenvalue weighted by Gasteiger charge is -2.18. The maximum Gasteiger partial charge on any atom is 0.225 e. The highest BCUT2D eigenvalue weighted by Crippen LogP contribution is 2.32. The van der Waals surface area contributed by atoms with Crippen LogP contribution >= 0.6 is 0 Å². The van der Waals surface area contributed by atoms with Gasteiger partial charge in [-0.15, -0.1) is 0 Å². The summed E-state index contributed by atoms with van der Waals surface area (Å²) in [5.41, 5.74) is 12.4. The van der Waals surface area contributed by atoms with Crippen LogP contribution in [0.15, 0.2) is 67.1 Å². The molecule has 6 rings (SSSR count). The summed E-state index contributed by atoms with van der Waals surface area (Å²) in [6.45, 7) is 8.72. The van der Waals surface area contributed by atoms with Gasteiger partial charge in [0.15, 0.2) is 5.82 Å². The van der Waals surface area contributed by atoms with Crippen molar-refractivity contribution in [1.29, 1.82) is 0 Å². The minimum atomic E-state index is 0.261. The Morgan fingerprint density at radius 2 is 1.88 bits per heavy atom. The smallest absolute Gasteiger partial charge is 0.225 e. The van der Waals surface area contributed by atoms with E-state index < -0.39 is 0 Å². The number of nitrogens with one attached hydrogen (secondary N) is 4. The van der Waals surface area contributed by atoms with Gasteiger partial charge in [0.25, 0.3) is 0 Å². The predicted molar refractivity (Wildman–Crippen MR) is 159 cm³/mol. The summed E-state index contributed by atoms with van der Waals surface area (Å²) in [7, 11) is 0. The number of aromatic nitrogens is 4. The highest BCUT2D eigenvalue weighted by molar-refractivity contribution is 5.89. The fraction of sp³-hybridized carbons (Fsp3) is 0.323. The Hall–Kier alpha value is -4.21. The topological polar surface area (TPSA) is 126 Å². The predicted octanol–water partition coefficient (Wildman–Crippen LogP) is 4.62. The Morgan fingerprint density at radius 1 is 1.07 bits per heavy atom. The first-order valence-electron chi connectivity index (χ1n) is 14.1. The third-order valence-corrected chi connectivity index (χ3v) is 7.64. The van der Waals surface area contributed by atoms with Gasteiger partial charge in [-0.05, 0) is 63.4 Å². The summed E-state index contributed by atoms with van der Waals surface area (Å²) < 4.78 is 5.99. The van der Waals surface area contributed by atoms with Gasteiger partial charge in [-0.1, -0.05) is 36.9 Å². The largest absolute Gasteiger partial charge is 0.477 e. The third-order valence-electron chi connectivity index (χ3n) is 7.64. The maximum atomic E-state index is 5.99. The lowest BCUT2D eigenvalue weighted by Crippen LogP contribution is -2.30. The number of hydrogen-bond acceptors (Lipinski definition) is 8. The zero-order chi connectivity index (χ0) is 27.5. The van der Waals surface area contributed by atoms with Gasteiger partial charge in [0.1, 0.15) is 5.82 Å². The van der Waals surface area contributed by atoms with Gasteiger partial charge in [0.2, 0.25) is 5.88 Å². The summed E-state index contributed by atoms with van der Waals surface area (Å²) in [5, 5.41) is 11.2. The fourth-order valence-electron chi connectivity index (χ4n) is 5.47. The maximum absolute atomic E-state index is 5.99. The van der Waals surface area contributed by atoms with E-state index >= 15 is 0 Å². The van der Waals surface area contributed by atoms with E-state index in [-0.39, 0.29) is 6.04 Å². The molecular weight excluding hydrogens is 500 g/mol. The second-order valence-electron chi connectivity index (χ2n) is 10.3. The van der Waals surface area contributed by atoms with Gasteiger partial charge in [-0.25, -0.2) is 9.97 Å². The van der Waals surface area contributed by atoms with Gasteiger partial charge < -0.3 is 31.4 Å². The molecule has 0 amide bonds. The van der Waals surface area contributed by atoms with Crippen LogP contribution in [0, 0.1) is 0 Å². The molecule has 2 fully saturated rings. The van der Waals surface area contributed by atoms with Crippen LogP contribution in [0.25, 0.3) is 39.2 Å². The quantitative estimate of drug-likeness (QED) is 0.210. The number of nitrogens with zero attached hydrogens (tertiary/aromatic N) is 3. The Labute approximate surface area is 234 Å². The summed E-state index contributed by atoms with van der Waals surface area (Å²) in [5.74, 6) is 2.16. The minimum Gasteiger partial charge on any atom is -0.477 e. The molecule has 40 heavy (non-hydrogen) atoms. The van der Waals surface area contributed by atoms with E-state index in [0.717, 1.165) is 82.9 Å². The normalized spacial score (nSPS) is 19.3. The molecule has 0 bridgehead atoms. The molecule has 2 aliphatic heterocycles. The first-order valence-corrected chi connectivity index (χ1v) is 14.1. The summed E-state index contributed by atoms with van der Waals surface area (Å²) in [6.07, 6.45) is 7.98. The number of benzene rings is 2. The van der Waals surface area contributed by atoms with Crippen LogP contribution < -0.4 is 26.4 Å². The van der Waals surface area contributed by atoms with Crippen molar-refractivity contribution >= 4 is 16.6 Å². The summed E-state index contributed by atoms with van der Waals surface area (Å²) in [4.78, 5) is 17.8. The molecule has 0 spiro atoms. The molecule has 0 saturated carbocycles. The third kappa shape index (κ3) is 5.30. The van der Waals surface area contributed by atoms with Crippen LogP contribution in [0.1, 0.15) is 50.0 Å². The van der Waals surface area contributed by atoms with Gasteiger partial charge in [0.05, 0.1) is 41.1 Å². The molecule has 2 saturated heterocycles. The Bertz CT molecular complexity index is 1530. The average molecular weight is 537 g/mol. The van der Waals surface area contributed by atoms with Crippen LogP contribution in [0.5, 0.6) is 5.88 Å². The zero-order valence-corrected chi connectivity index (χ0v) is 22.8. The van der Waals surface area contributed by atoms with E-state index in [1.165, 1.54) is 6.42 Å². The van der Waals surface area contributed by atoms with Crippen molar-refractivity contribution in [3.63, 3.8) is 0 Å². The second-order valence-corrected chi connectivity index (χ2v) is 10.3. The first-order chi connectivity index (χ1) is 19.6. The Balaban J connectivity index is 1.26. The van der Waals surface area contributed by atoms with Crippen molar-refractivity contribution in [2.24, 2.45) is 5.73 Å². The number of rotatable bonds is 9. The van der Waals surface area contributed by atoms with E-state index in [4.69, 9.17) is 20.4 Å². The zero-order valence-electron chi connectivity index (χ0n) is 22.8. The molecule has 0 unspecified atom stereocenters. The molecule has 2 aromatic heterocycles. The molecule has 6 N–H and O–H groups in total. The molecule has 9 heteroatoms. The van der Waals surface area contributed by atoms with Gasteiger partial charge in [-0.2, -0.15) is 4.98 Å². The number of nitrogens with two attached hydrogens (primary N) is 1. The Kier molecular flexibility index (Phi) is 7.48. The highest BCUT2D eigenvalue weighted by atomic mass is 16.5. The molecule has 2 atom stereocenters. The van der Waals surface area contributed by atoms with Crippen LogP contribution in [0.4, 0.5) is 0 Å². The standard InChI is InChI=1S/C31H36N8O/c1-3-40-31-23-16-22(28-18-35-30(38-28)26-7-5-15-34-26)12-13-25(23)37-29(39-31)21-10-8-20(9-11-21)27(17-32)36-19(2)24-6-4-14-33-24/h8-13,16-18,24,26,33-34,36H,2-7,14-15,32H2,1H3,(H,35,38)/b27-17-/t24-,26-/m0/s1. The van der Waals surface area contributed by atoms with E-state index in [1.807, 2.05) is 43.5 Å². The van der Waals surface area contributed by atoms with Crippen LogP contribution in [0.3, 0.4) is 0 Å². The van der Waals surface area contributed by atoms with Crippen molar-refractivity contribution in [1.82, 2.24) is 35.9 Å². The van der Waals surface area contributed by atoms with E-state index in [0.29, 0.717) is 24.4 Å². The molecular formula is C31H36N8O. The van der Waals surface area contributed by atoms with E-state index in [2.05, 4.69) is 44.6 Å². The number of H-pyrrole nitrogens is 1. The van der Waals surface area contributed by atoms with Crippen molar-refractivity contribution in [3.05, 3.63) is 78.5 Å². The van der Waals surface area contributed by atoms with Crippen molar-refractivity contribution in [2.75, 3.05) is 19.7 Å². The van der Waals surface area contributed by atoms with Crippen LogP contribution in [0.2, 0.25) is 0 Å². The molecule has 0 radical (unpaired) electrons. The lowest BCUT2D eigenvalue weighted by atomic mass is 10.1. The van der Waals surface area contributed by atoms with Gasteiger partial charge >= 0.3 is 0 Å². The van der Waals surface area contributed by atoms with E-state index in [9.17, 15) is 0 Å².